The van der Waals surface area contributed by atoms with E-state index in [2.05, 4.69) is 83.4 Å². The number of hydrogen-bond acceptors (Lipinski definition) is 6. The molecular formula is C25H34N6O. The Balaban J connectivity index is 1.61. The number of aryl methyl sites for hydroxylation is 1. The van der Waals surface area contributed by atoms with Crippen molar-refractivity contribution in [2.75, 3.05) is 37.7 Å². The van der Waals surface area contributed by atoms with E-state index in [1.807, 2.05) is 23.7 Å². The van der Waals surface area contributed by atoms with Crippen LogP contribution < -0.4 is 9.64 Å². The number of nitrogens with zero attached hydrogens (tertiary/aromatic N) is 6. The Morgan fingerprint density at radius 3 is 2.34 bits per heavy atom. The molecule has 4 rings (SSSR count). The first-order valence-corrected chi connectivity index (χ1v) is 11.5. The zero-order valence-corrected chi connectivity index (χ0v) is 19.8. The van der Waals surface area contributed by atoms with E-state index in [9.17, 15) is 0 Å². The van der Waals surface area contributed by atoms with Gasteiger partial charge >= 0.3 is 0 Å². The third kappa shape index (κ3) is 4.48. The quantitative estimate of drug-likeness (QED) is 0.556. The number of piperazine rings is 1. The van der Waals surface area contributed by atoms with Gasteiger partial charge in [0.05, 0.1) is 18.7 Å². The van der Waals surface area contributed by atoms with Crippen molar-refractivity contribution in [3.05, 3.63) is 65.0 Å². The minimum atomic E-state index is 0.00355. The van der Waals surface area contributed by atoms with Gasteiger partial charge in [0.15, 0.2) is 5.82 Å². The summed E-state index contributed by atoms with van der Waals surface area (Å²) in [5.41, 5.74) is 5.24. The van der Waals surface area contributed by atoms with Crippen molar-refractivity contribution in [1.82, 2.24) is 25.1 Å². The molecule has 1 aromatic heterocycles. The molecule has 0 radical (unpaired) electrons. The molecule has 0 aliphatic carbocycles. The van der Waals surface area contributed by atoms with Gasteiger partial charge in [-0.15, -0.1) is 5.10 Å². The van der Waals surface area contributed by atoms with Crippen molar-refractivity contribution in [1.29, 1.82) is 0 Å². The summed E-state index contributed by atoms with van der Waals surface area (Å²) >= 11 is 0. The van der Waals surface area contributed by atoms with E-state index in [0.717, 1.165) is 37.8 Å². The molecule has 0 saturated carbocycles. The molecule has 1 atom stereocenters. The van der Waals surface area contributed by atoms with Gasteiger partial charge in [-0.1, -0.05) is 24.3 Å². The fourth-order valence-corrected chi connectivity index (χ4v) is 4.48. The summed E-state index contributed by atoms with van der Waals surface area (Å²) in [7, 11) is 0. The van der Waals surface area contributed by atoms with Crippen LogP contribution in [0.5, 0.6) is 5.75 Å². The molecule has 0 spiro atoms. The highest BCUT2D eigenvalue weighted by Crippen LogP contribution is 2.32. The number of tetrazole rings is 1. The lowest BCUT2D eigenvalue weighted by molar-refractivity contribution is 0.199. The van der Waals surface area contributed by atoms with Gasteiger partial charge in [-0.05, 0) is 79.9 Å². The number of hydrogen-bond donors (Lipinski definition) is 0. The van der Waals surface area contributed by atoms with E-state index in [-0.39, 0.29) is 12.1 Å². The fraction of sp³-hybridized carbons (Fsp3) is 0.480. The second-order valence-corrected chi connectivity index (χ2v) is 8.72. The molecule has 7 nitrogen and oxygen atoms in total. The maximum atomic E-state index is 5.66. The molecule has 170 valence electrons. The highest BCUT2D eigenvalue weighted by Gasteiger charge is 2.31. The second-order valence-electron chi connectivity index (χ2n) is 8.72. The van der Waals surface area contributed by atoms with E-state index in [1.165, 1.54) is 22.4 Å². The van der Waals surface area contributed by atoms with Crippen LogP contribution in [0, 0.1) is 13.8 Å². The first-order chi connectivity index (χ1) is 15.5. The zero-order chi connectivity index (χ0) is 22.7. The number of anilines is 1. The lowest BCUT2D eigenvalue weighted by Gasteiger charge is -2.40. The minimum absolute atomic E-state index is 0.00355. The third-order valence-electron chi connectivity index (χ3n) is 6.35. The van der Waals surface area contributed by atoms with Crippen LogP contribution in [0.4, 0.5) is 5.69 Å². The molecule has 1 aliphatic rings. The Morgan fingerprint density at radius 1 is 0.969 bits per heavy atom. The Hall–Kier alpha value is -2.93. The molecule has 0 amide bonds. The van der Waals surface area contributed by atoms with Gasteiger partial charge in [0.2, 0.25) is 0 Å². The van der Waals surface area contributed by atoms with Gasteiger partial charge in [-0.25, -0.2) is 4.68 Å². The molecule has 2 heterocycles. The predicted molar refractivity (Wildman–Crippen MR) is 127 cm³/mol. The average Bonchev–Trinajstić information content (AvgIpc) is 3.28. The summed E-state index contributed by atoms with van der Waals surface area (Å²) in [6.07, 6.45) is 0. The molecule has 3 aromatic rings. The molecule has 1 fully saturated rings. The number of rotatable bonds is 7. The van der Waals surface area contributed by atoms with Crippen molar-refractivity contribution in [3.63, 3.8) is 0 Å². The van der Waals surface area contributed by atoms with Gasteiger partial charge < -0.3 is 9.64 Å². The summed E-state index contributed by atoms with van der Waals surface area (Å²) in [6, 6.07) is 15.2. The van der Waals surface area contributed by atoms with E-state index in [4.69, 9.17) is 4.74 Å². The molecule has 32 heavy (non-hydrogen) atoms. The Morgan fingerprint density at radius 2 is 1.69 bits per heavy atom. The fourth-order valence-electron chi connectivity index (χ4n) is 4.48. The monoisotopic (exact) mass is 434 g/mol. The lowest BCUT2D eigenvalue weighted by atomic mass is 10.0. The van der Waals surface area contributed by atoms with Crippen LogP contribution in [0.1, 0.15) is 55.4 Å². The van der Waals surface area contributed by atoms with Gasteiger partial charge in [0, 0.05) is 31.9 Å². The maximum absolute atomic E-state index is 5.66. The predicted octanol–water partition coefficient (Wildman–Crippen LogP) is 4.18. The molecule has 7 heteroatoms. The van der Waals surface area contributed by atoms with E-state index < -0.39 is 0 Å². The number of ether oxygens (including phenoxy) is 1. The average molecular weight is 435 g/mol. The van der Waals surface area contributed by atoms with Crippen LogP contribution >= 0.6 is 0 Å². The van der Waals surface area contributed by atoms with Gasteiger partial charge in [0.1, 0.15) is 5.75 Å². The summed E-state index contributed by atoms with van der Waals surface area (Å²) in [4.78, 5) is 5.00. The number of aromatic nitrogens is 4. The molecule has 0 bridgehead atoms. The van der Waals surface area contributed by atoms with Gasteiger partial charge in [0.25, 0.3) is 0 Å². The highest BCUT2D eigenvalue weighted by atomic mass is 16.5. The summed E-state index contributed by atoms with van der Waals surface area (Å²) < 4.78 is 7.60. The van der Waals surface area contributed by atoms with E-state index in [0.29, 0.717) is 6.61 Å². The highest BCUT2D eigenvalue weighted by molar-refractivity contribution is 5.56. The summed E-state index contributed by atoms with van der Waals surface area (Å²) in [6.45, 7) is 15.1. The molecule has 0 unspecified atom stereocenters. The van der Waals surface area contributed by atoms with Crippen LogP contribution in [-0.2, 0) is 0 Å². The summed E-state index contributed by atoms with van der Waals surface area (Å²) in [5.74, 6) is 1.78. The van der Waals surface area contributed by atoms with Gasteiger partial charge in [-0.3, -0.25) is 4.90 Å². The maximum Gasteiger partial charge on any atom is 0.173 e. The zero-order valence-electron chi connectivity index (χ0n) is 19.8. The Labute approximate surface area is 191 Å². The van der Waals surface area contributed by atoms with Crippen LogP contribution in [0.25, 0.3) is 0 Å². The second kappa shape index (κ2) is 9.69. The molecule has 1 aliphatic heterocycles. The van der Waals surface area contributed by atoms with E-state index in [1.54, 1.807) is 0 Å². The normalized spacial score (nSPS) is 15.9. The van der Waals surface area contributed by atoms with Crippen LogP contribution in [0.15, 0.2) is 42.5 Å². The van der Waals surface area contributed by atoms with Crippen molar-refractivity contribution >= 4 is 5.69 Å². The molecule has 0 N–H and O–H groups in total. The van der Waals surface area contributed by atoms with Crippen molar-refractivity contribution in [2.24, 2.45) is 0 Å². The number of benzene rings is 2. The van der Waals surface area contributed by atoms with Crippen LogP contribution in [0.3, 0.4) is 0 Å². The Bertz CT molecular complexity index is 1020. The molecular weight excluding hydrogens is 400 g/mol. The smallest absolute Gasteiger partial charge is 0.173 e. The van der Waals surface area contributed by atoms with E-state index >= 15 is 0 Å². The summed E-state index contributed by atoms with van der Waals surface area (Å²) in [5, 5.41) is 12.8. The standard InChI is InChI=1S/C25H34N6O/c1-6-32-22-12-10-21(11-13-22)24(25-26-27-28-31(25)18(2)3)30-16-14-29(15-17-30)23-9-7-8-19(4)20(23)5/h7-13,18,24H,6,14-17H2,1-5H3/t24-/m1/s1. The lowest BCUT2D eigenvalue weighted by Crippen LogP contribution is -2.48. The molecule has 2 aromatic carbocycles. The Kier molecular flexibility index (Phi) is 6.74. The van der Waals surface area contributed by atoms with Crippen molar-refractivity contribution < 1.29 is 4.74 Å². The molecule has 1 saturated heterocycles. The van der Waals surface area contributed by atoms with Gasteiger partial charge in [-0.2, -0.15) is 0 Å². The SMILES string of the molecule is CCOc1ccc([C@H](c2nnnn2C(C)C)N2CCN(c3cccc(C)c3C)CC2)cc1. The third-order valence-corrected chi connectivity index (χ3v) is 6.35. The van der Waals surface area contributed by atoms with Crippen molar-refractivity contribution in [3.8, 4) is 5.75 Å². The van der Waals surface area contributed by atoms with Crippen LogP contribution in [0.2, 0.25) is 0 Å². The largest absolute Gasteiger partial charge is 0.494 e. The first kappa shape index (κ1) is 22.3. The van der Waals surface area contributed by atoms with Crippen LogP contribution in [-0.4, -0.2) is 57.9 Å². The minimum Gasteiger partial charge on any atom is -0.494 e. The first-order valence-electron chi connectivity index (χ1n) is 11.5. The topological polar surface area (TPSA) is 59.3 Å². The van der Waals surface area contributed by atoms with Crippen molar-refractivity contribution in [2.45, 2.75) is 46.7 Å².